The van der Waals surface area contributed by atoms with E-state index in [-0.39, 0.29) is 11.5 Å². The molecule has 0 bridgehead atoms. The monoisotopic (exact) mass is 358 g/mol. The van der Waals surface area contributed by atoms with Crippen LogP contribution >= 0.6 is 0 Å². The Morgan fingerprint density at radius 3 is 2.44 bits per heavy atom. The van der Waals surface area contributed by atoms with Gasteiger partial charge in [0.2, 0.25) is 0 Å². The molecule has 0 unspecified atom stereocenters. The van der Waals surface area contributed by atoms with Gasteiger partial charge in [0, 0.05) is 25.8 Å². The van der Waals surface area contributed by atoms with E-state index in [1.54, 1.807) is 6.08 Å². The van der Waals surface area contributed by atoms with Crippen molar-refractivity contribution < 1.29 is 4.79 Å². The summed E-state index contributed by atoms with van der Waals surface area (Å²) in [5, 5.41) is 20.7. The molecule has 0 radical (unpaired) electrons. The van der Waals surface area contributed by atoms with Crippen molar-refractivity contribution in [2.45, 2.75) is 12.8 Å². The predicted octanol–water partition coefficient (Wildman–Crippen LogP) is 3.30. The summed E-state index contributed by atoms with van der Waals surface area (Å²) < 4.78 is 0. The van der Waals surface area contributed by atoms with Crippen LogP contribution in [-0.2, 0) is 11.2 Å². The van der Waals surface area contributed by atoms with Crippen LogP contribution in [0.1, 0.15) is 17.5 Å². The van der Waals surface area contributed by atoms with Crippen molar-refractivity contribution in [2.24, 2.45) is 0 Å². The molecule has 0 spiro atoms. The second-order valence-electron chi connectivity index (χ2n) is 6.08. The summed E-state index contributed by atoms with van der Waals surface area (Å²) in [6.07, 6.45) is 2.76. The molecule has 5 heteroatoms. The van der Waals surface area contributed by atoms with Crippen molar-refractivity contribution in [2.75, 3.05) is 25.0 Å². The van der Waals surface area contributed by atoms with E-state index < -0.39 is 0 Å². The SMILES string of the molecule is CN(CCC#N)c1ccc(/C=C(\C#N)C(=O)NCCc2ccccc2)cc1. The maximum atomic E-state index is 12.2. The largest absolute Gasteiger partial charge is 0.374 e. The van der Waals surface area contributed by atoms with Crippen LogP contribution in [0.4, 0.5) is 5.69 Å². The molecule has 5 nitrogen and oxygen atoms in total. The summed E-state index contributed by atoms with van der Waals surface area (Å²) >= 11 is 0. The third-order valence-corrected chi connectivity index (χ3v) is 4.11. The number of nitrogens with zero attached hydrogens (tertiary/aromatic N) is 3. The molecular formula is C22H22N4O. The first-order valence-corrected chi connectivity index (χ1v) is 8.76. The number of carbonyl (C=O) groups excluding carboxylic acids is 1. The van der Waals surface area contributed by atoms with Crippen LogP contribution in [0.15, 0.2) is 60.2 Å². The van der Waals surface area contributed by atoms with Gasteiger partial charge >= 0.3 is 0 Å². The first-order valence-electron chi connectivity index (χ1n) is 8.76. The Morgan fingerprint density at radius 1 is 1.11 bits per heavy atom. The first-order chi connectivity index (χ1) is 13.1. The zero-order chi connectivity index (χ0) is 19.5. The molecular weight excluding hydrogens is 336 g/mol. The smallest absolute Gasteiger partial charge is 0.261 e. The molecule has 0 aliphatic carbocycles. The normalized spacial score (nSPS) is 10.6. The predicted molar refractivity (Wildman–Crippen MR) is 107 cm³/mol. The molecule has 1 amide bonds. The minimum absolute atomic E-state index is 0.0775. The Morgan fingerprint density at radius 2 is 1.81 bits per heavy atom. The van der Waals surface area contributed by atoms with Crippen molar-refractivity contribution in [3.63, 3.8) is 0 Å². The molecule has 2 aromatic carbocycles. The number of hydrogen-bond acceptors (Lipinski definition) is 4. The minimum atomic E-state index is -0.372. The molecule has 0 aliphatic rings. The summed E-state index contributed by atoms with van der Waals surface area (Å²) in [7, 11) is 1.92. The van der Waals surface area contributed by atoms with E-state index in [0.717, 1.165) is 23.2 Å². The molecule has 2 aromatic rings. The van der Waals surface area contributed by atoms with Gasteiger partial charge in [-0.25, -0.2) is 0 Å². The fraction of sp³-hybridized carbons (Fsp3) is 0.227. The lowest BCUT2D eigenvalue weighted by Crippen LogP contribution is -2.26. The topological polar surface area (TPSA) is 79.9 Å². The minimum Gasteiger partial charge on any atom is -0.374 e. The summed E-state index contributed by atoms with van der Waals surface area (Å²) in [6.45, 7) is 1.13. The molecule has 27 heavy (non-hydrogen) atoms. The highest BCUT2D eigenvalue weighted by Gasteiger charge is 2.08. The van der Waals surface area contributed by atoms with E-state index in [1.165, 1.54) is 0 Å². The second-order valence-corrected chi connectivity index (χ2v) is 6.08. The van der Waals surface area contributed by atoms with Crippen LogP contribution in [-0.4, -0.2) is 26.0 Å². The Bertz CT molecular complexity index is 858. The van der Waals surface area contributed by atoms with Crippen LogP contribution in [0, 0.1) is 22.7 Å². The van der Waals surface area contributed by atoms with E-state index in [1.807, 2.05) is 72.6 Å². The Kier molecular flexibility index (Phi) is 7.63. The van der Waals surface area contributed by atoms with Gasteiger partial charge in [-0.2, -0.15) is 10.5 Å². The summed E-state index contributed by atoms with van der Waals surface area (Å²) in [6, 6.07) is 21.5. The third kappa shape index (κ3) is 6.34. The molecule has 0 atom stereocenters. The number of carbonyl (C=O) groups is 1. The fourth-order valence-electron chi connectivity index (χ4n) is 2.55. The number of benzene rings is 2. The zero-order valence-electron chi connectivity index (χ0n) is 15.4. The van der Waals surface area contributed by atoms with E-state index in [9.17, 15) is 10.1 Å². The average molecular weight is 358 g/mol. The molecule has 0 saturated heterocycles. The van der Waals surface area contributed by atoms with E-state index in [0.29, 0.717) is 19.5 Å². The highest BCUT2D eigenvalue weighted by Crippen LogP contribution is 2.16. The van der Waals surface area contributed by atoms with Crippen molar-refractivity contribution in [1.82, 2.24) is 5.32 Å². The van der Waals surface area contributed by atoms with Crippen LogP contribution in [0.2, 0.25) is 0 Å². The third-order valence-electron chi connectivity index (χ3n) is 4.11. The van der Waals surface area contributed by atoms with Crippen molar-refractivity contribution >= 4 is 17.7 Å². The number of amides is 1. The molecule has 0 aromatic heterocycles. The quantitative estimate of drug-likeness (QED) is 0.580. The van der Waals surface area contributed by atoms with Gasteiger partial charge in [0.1, 0.15) is 11.6 Å². The maximum absolute atomic E-state index is 12.2. The number of rotatable bonds is 8. The van der Waals surface area contributed by atoms with E-state index >= 15 is 0 Å². The standard InChI is InChI=1S/C22H22N4O/c1-26(15-5-13-23)21-10-8-19(9-11-21)16-20(17-24)22(27)25-14-12-18-6-3-2-4-7-18/h2-4,6-11,16H,5,12,14-15H2,1H3,(H,25,27)/b20-16+. The lowest BCUT2D eigenvalue weighted by Gasteiger charge is -2.17. The maximum Gasteiger partial charge on any atom is 0.261 e. The molecule has 2 rings (SSSR count). The molecule has 0 fully saturated rings. The van der Waals surface area contributed by atoms with E-state index in [2.05, 4.69) is 11.4 Å². The summed E-state index contributed by atoms with van der Waals surface area (Å²) in [5.74, 6) is -0.372. The summed E-state index contributed by atoms with van der Waals surface area (Å²) in [4.78, 5) is 14.2. The Balaban J connectivity index is 1.95. The Labute approximate surface area is 160 Å². The molecule has 136 valence electrons. The number of nitrogens with one attached hydrogen (secondary N) is 1. The van der Waals surface area contributed by atoms with Crippen LogP contribution < -0.4 is 10.2 Å². The van der Waals surface area contributed by atoms with Crippen LogP contribution in [0.25, 0.3) is 6.08 Å². The molecule has 0 heterocycles. The molecule has 1 N–H and O–H groups in total. The summed E-state index contributed by atoms with van der Waals surface area (Å²) in [5.41, 5.74) is 2.97. The van der Waals surface area contributed by atoms with Gasteiger partial charge < -0.3 is 10.2 Å². The molecule has 0 aliphatic heterocycles. The van der Waals surface area contributed by atoms with Crippen molar-refractivity contribution in [3.05, 3.63) is 71.3 Å². The van der Waals surface area contributed by atoms with Gasteiger partial charge in [0.25, 0.3) is 5.91 Å². The van der Waals surface area contributed by atoms with Gasteiger partial charge in [-0.05, 0) is 35.8 Å². The van der Waals surface area contributed by atoms with Gasteiger partial charge in [-0.15, -0.1) is 0 Å². The average Bonchev–Trinajstić information content (AvgIpc) is 2.71. The second kappa shape index (κ2) is 10.4. The Hall–Kier alpha value is -3.57. The number of nitriles is 2. The lowest BCUT2D eigenvalue weighted by molar-refractivity contribution is -0.117. The zero-order valence-corrected chi connectivity index (χ0v) is 15.4. The highest BCUT2D eigenvalue weighted by molar-refractivity contribution is 6.01. The number of hydrogen-bond donors (Lipinski definition) is 1. The fourth-order valence-corrected chi connectivity index (χ4v) is 2.55. The lowest BCUT2D eigenvalue weighted by atomic mass is 10.1. The van der Waals surface area contributed by atoms with Gasteiger partial charge in [0.15, 0.2) is 0 Å². The van der Waals surface area contributed by atoms with Crippen LogP contribution in [0.3, 0.4) is 0 Å². The van der Waals surface area contributed by atoms with Gasteiger partial charge in [-0.1, -0.05) is 42.5 Å². The van der Waals surface area contributed by atoms with Gasteiger partial charge in [0.05, 0.1) is 12.5 Å². The van der Waals surface area contributed by atoms with E-state index in [4.69, 9.17) is 5.26 Å². The van der Waals surface area contributed by atoms with Crippen LogP contribution in [0.5, 0.6) is 0 Å². The van der Waals surface area contributed by atoms with Crippen molar-refractivity contribution in [1.29, 1.82) is 10.5 Å². The number of anilines is 1. The highest BCUT2D eigenvalue weighted by atomic mass is 16.1. The van der Waals surface area contributed by atoms with Gasteiger partial charge in [-0.3, -0.25) is 4.79 Å². The van der Waals surface area contributed by atoms with Crippen molar-refractivity contribution in [3.8, 4) is 12.1 Å². The first kappa shape index (κ1) is 19.8. The molecule has 0 saturated carbocycles.